The van der Waals surface area contributed by atoms with Crippen LogP contribution in [-0.2, 0) is 11.3 Å². The van der Waals surface area contributed by atoms with Gasteiger partial charge in [-0.3, -0.25) is 4.79 Å². The van der Waals surface area contributed by atoms with Crippen LogP contribution in [0.3, 0.4) is 0 Å². The monoisotopic (exact) mass is 260 g/mol. The number of benzene rings is 1. The molecule has 0 amide bonds. The lowest BCUT2D eigenvalue weighted by Crippen LogP contribution is -1.92. The molecule has 1 aromatic carbocycles. The molecule has 0 saturated heterocycles. The summed E-state index contributed by atoms with van der Waals surface area (Å²) in [6.07, 6.45) is 2.13. The summed E-state index contributed by atoms with van der Waals surface area (Å²) in [5, 5.41) is 17.5. The van der Waals surface area contributed by atoms with Gasteiger partial charge in [0.25, 0.3) is 0 Å². The van der Waals surface area contributed by atoms with Gasteiger partial charge in [0.05, 0.1) is 18.7 Å². The molecule has 2 aromatic rings. The number of carboxylic acids is 1. The lowest BCUT2D eigenvalue weighted by molar-refractivity contribution is -0.136. The fraction of sp³-hybridized carbons (Fsp3) is 0.286. The third kappa shape index (κ3) is 4.03. The number of methoxy groups -OCH3 is 1. The van der Waals surface area contributed by atoms with E-state index in [1.54, 1.807) is 14.0 Å². The van der Waals surface area contributed by atoms with E-state index in [1.165, 1.54) is 0 Å². The van der Waals surface area contributed by atoms with E-state index >= 15 is 0 Å². The Bertz CT molecular complexity index is 596. The minimum Gasteiger partial charge on any atom is -0.497 e. The summed E-state index contributed by atoms with van der Waals surface area (Å²) in [5.74, 6) is 0.0698. The largest absolute Gasteiger partial charge is 0.497 e. The average molecular weight is 260 g/mol. The second-order valence-corrected chi connectivity index (χ2v) is 3.77. The van der Waals surface area contributed by atoms with Gasteiger partial charge in [0.1, 0.15) is 12.3 Å². The first-order valence-corrected chi connectivity index (χ1v) is 5.84. The van der Waals surface area contributed by atoms with Crippen LogP contribution in [0.4, 0.5) is 0 Å². The van der Waals surface area contributed by atoms with E-state index in [2.05, 4.69) is 6.07 Å². The lowest BCUT2D eigenvalue weighted by atomic mass is 10.2. The van der Waals surface area contributed by atoms with Crippen molar-refractivity contribution in [2.75, 3.05) is 7.11 Å². The van der Waals surface area contributed by atoms with Crippen molar-refractivity contribution >= 4 is 16.9 Å². The number of hydrogen-bond acceptors (Lipinski definition) is 3. The number of carboxylic acid groups (broad SMARTS) is 1. The molecule has 1 heterocycles. The van der Waals surface area contributed by atoms with Crippen LogP contribution in [0.15, 0.2) is 30.5 Å². The highest BCUT2D eigenvalue weighted by molar-refractivity contribution is 5.81. The summed E-state index contributed by atoms with van der Waals surface area (Å²) in [5.41, 5.74) is 1.03. The zero-order valence-corrected chi connectivity index (χ0v) is 11.0. The molecular formula is C14H16N2O3. The van der Waals surface area contributed by atoms with E-state index in [4.69, 9.17) is 15.1 Å². The zero-order valence-electron chi connectivity index (χ0n) is 11.0. The number of aliphatic carboxylic acids is 1. The second kappa shape index (κ2) is 7.07. The predicted molar refractivity (Wildman–Crippen MR) is 72.0 cm³/mol. The lowest BCUT2D eigenvalue weighted by Gasteiger charge is -2.02. The molecule has 0 atom stereocenters. The molecule has 5 nitrogen and oxygen atoms in total. The van der Waals surface area contributed by atoms with Gasteiger partial charge in [0.15, 0.2) is 0 Å². The zero-order chi connectivity index (χ0) is 14.3. The van der Waals surface area contributed by atoms with Gasteiger partial charge in [-0.2, -0.15) is 5.26 Å². The molecule has 19 heavy (non-hydrogen) atoms. The summed E-state index contributed by atoms with van der Waals surface area (Å²) in [4.78, 5) is 9.37. The Hall–Kier alpha value is -2.48. The number of aromatic nitrogens is 1. The molecule has 1 N–H and O–H groups in total. The van der Waals surface area contributed by atoms with Crippen molar-refractivity contribution in [1.82, 2.24) is 4.57 Å². The SMILES string of the molecule is CCC(=O)O.COc1ccc2ccn(CC#N)c2c1. The number of nitriles is 1. The summed E-state index contributed by atoms with van der Waals surface area (Å²) in [7, 11) is 1.64. The molecular weight excluding hydrogens is 244 g/mol. The van der Waals surface area contributed by atoms with Gasteiger partial charge in [0.2, 0.25) is 0 Å². The summed E-state index contributed by atoms with van der Waals surface area (Å²) < 4.78 is 7.03. The summed E-state index contributed by atoms with van der Waals surface area (Å²) >= 11 is 0. The van der Waals surface area contributed by atoms with Crippen molar-refractivity contribution in [3.63, 3.8) is 0 Å². The third-order valence-electron chi connectivity index (χ3n) is 2.52. The fourth-order valence-electron chi connectivity index (χ4n) is 1.50. The van der Waals surface area contributed by atoms with Crippen molar-refractivity contribution in [3.8, 4) is 11.8 Å². The van der Waals surface area contributed by atoms with Gasteiger partial charge in [-0.25, -0.2) is 0 Å². The predicted octanol–water partition coefficient (Wildman–Crippen LogP) is 2.65. The summed E-state index contributed by atoms with van der Waals surface area (Å²) in [6.45, 7) is 1.97. The van der Waals surface area contributed by atoms with Crippen LogP contribution >= 0.6 is 0 Å². The van der Waals surface area contributed by atoms with Gasteiger partial charge in [-0.1, -0.05) is 6.92 Å². The topological polar surface area (TPSA) is 75.2 Å². The Balaban J connectivity index is 0.000000312. The molecule has 0 aliphatic heterocycles. The Morgan fingerprint density at radius 3 is 2.68 bits per heavy atom. The van der Waals surface area contributed by atoms with Crippen LogP contribution in [-0.4, -0.2) is 22.8 Å². The van der Waals surface area contributed by atoms with E-state index in [0.29, 0.717) is 6.54 Å². The Morgan fingerprint density at radius 2 is 2.16 bits per heavy atom. The van der Waals surface area contributed by atoms with Crippen molar-refractivity contribution in [2.24, 2.45) is 0 Å². The molecule has 1 aromatic heterocycles. The second-order valence-electron chi connectivity index (χ2n) is 3.77. The van der Waals surface area contributed by atoms with Crippen molar-refractivity contribution in [3.05, 3.63) is 30.5 Å². The first-order valence-electron chi connectivity index (χ1n) is 5.84. The van der Waals surface area contributed by atoms with Crippen molar-refractivity contribution in [2.45, 2.75) is 19.9 Å². The summed E-state index contributed by atoms with van der Waals surface area (Å²) in [6, 6.07) is 9.96. The molecule has 0 fully saturated rings. The van der Waals surface area contributed by atoms with E-state index in [-0.39, 0.29) is 6.42 Å². The first kappa shape index (κ1) is 14.6. The molecule has 0 spiro atoms. The Kier molecular flexibility index (Phi) is 5.42. The standard InChI is InChI=1S/C11H10N2O.C3H6O2/c1-14-10-3-2-9-4-6-13(7-5-12)11(9)8-10;1-2-3(4)5/h2-4,6,8H,7H2,1H3;2H2,1H3,(H,4,5). The van der Waals surface area contributed by atoms with Crippen LogP contribution in [0.2, 0.25) is 0 Å². The Labute approximate surface area is 111 Å². The van der Waals surface area contributed by atoms with Crippen LogP contribution in [0.1, 0.15) is 13.3 Å². The minimum atomic E-state index is -0.745. The minimum absolute atomic E-state index is 0.222. The molecule has 5 heteroatoms. The number of fused-ring (bicyclic) bond motifs is 1. The molecule has 0 aliphatic carbocycles. The highest BCUT2D eigenvalue weighted by atomic mass is 16.5. The number of carbonyl (C=O) groups is 1. The molecule has 0 bridgehead atoms. The van der Waals surface area contributed by atoms with E-state index < -0.39 is 5.97 Å². The smallest absolute Gasteiger partial charge is 0.303 e. The number of hydrogen-bond donors (Lipinski definition) is 1. The first-order chi connectivity index (χ1) is 9.12. The fourth-order valence-corrected chi connectivity index (χ4v) is 1.50. The third-order valence-corrected chi connectivity index (χ3v) is 2.52. The van der Waals surface area contributed by atoms with E-state index in [1.807, 2.05) is 35.0 Å². The molecule has 0 aliphatic rings. The molecule has 0 radical (unpaired) electrons. The van der Waals surface area contributed by atoms with E-state index in [9.17, 15) is 4.79 Å². The average Bonchev–Trinajstić information content (AvgIpc) is 2.82. The van der Waals surface area contributed by atoms with Gasteiger partial charge in [-0.15, -0.1) is 0 Å². The highest BCUT2D eigenvalue weighted by Crippen LogP contribution is 2.21. The van der Waals surface area contributed by atoms with Gasteiger partial charge < -0.3 is 14.4 Å². The number of nitrogens with zero attached hydrogens (tertiary/aromatic N) is 2. The molecule has 0 unspecified atom stereocenters. The van der Waals surface area contributed by atoms with Crippen LogP contribution in [0.5, 0.6) is 5.75 Å². The molecule has 2 rings (SSSR count). The number of rotatable bonds is 3. The molecule has 100 valence electrons. The van der Waals surface area contributed by atoms with Crippen LogP contribution in [0, 0.1) is 11.3 Å². The van der Waals surface area contributed by atoms with Crippen molar-refractivity contribution in [1.29, 1.82) is 5.26 Å². The van der Waals surface area contributed by atoms with Gasteiger partial charge >= 0.3 is 5.97 Å². The van der Waals surface area contributed by atoms with Gasteiger partial charge in [0, 0.05) is 18.7 Å². The van der Waals surface area contributed by atoms with Crippen LogP contribution in [0.25, 0.3) is 10.9 Å². The van der Waals surface area contributed by atoms with Crippen molar-refractivity contribution < 1.29 is 14.6 Å². The Morgan fingerprint density at radius 1 is 1.47 bits per heavy atom. The van der Waals surface area contributed by atoms with E-state index in [0.717, 1.165) is 16.7 Å². The maximum atomic E-state index is 9.37. The van der Waals surface area contributed by atoms with Crippen LogP contribution < -0.4 is 4.74 Å². The maximum Gasteiger partial charge on any atom is 0.303 e. The molecule has 0 saturated carbocycles. The highest BCUT2D eigenvalue weighted by Gasteiger charge is 2.01. The normalized spacial score (nSPS) is 9.32. The quantitative estimate of drug-likeness (QED) is 0.920. The number of ether oxygens (including phenoxy) is 1. The maximum absolute atomic E-state index is 9.37. The van der Waals surface area contributed by atoms with Gasteiger partial charge in [-0.05, 0) is 23.6 Å².